The Morgan fingerprint density at radius 2 is 2.17 bits per heavy atom. The van der Waals surface area contributed by atoms with E-state index in [0.717, 1.165) is 19.5 Å². The third-order valence-corrected chi connectivity index (χ3v) is 3.06. The highest BCUT2D eigenvalue weighted by Crippen LogP contribution is 2.18. The van der Waals surface area contributed by atoms with Gasteiger partial charge in [0.25, 0.3) is 0 Å². The molecule has 1 aromatic heterocycles. The lowest BCUT2D eigenvalue weighted by atomic mass is 10.1. The zero-order chi connectivity index (χ0) is 13.0. The first-order valence-electron chi connectivity index (χ1n) is 6.67. The third-order valence-electron chi connectivity index (χ3n) is 3.06. The van der Waals surface area contributed by atoms with E-state index < -0.39 is 0 Å². The van der Waals surface area contributed by atoms with Crippen LogP contribution in [0, 0.1) is 0 Å². The minimum atomic E-state index is -0.317. The standard InChI is InChI=1S/C15H22N2O/c1-3-7-16-10-13-4-5-14-6-8-17(11-12(2)18)15(14)9-13/h4-6,8-9,12,16,18H,3,7,10-11H2,1-2H3. The van der Waals surface area contributed by atoms with Crippen molar-refractivity contribution < 1.29 is 5.11 Å². The fourth-order valence-corrected chi connectivity index (χ4v) is 2.19. The van der Waals surface area contributed by atoms with Gasteiger partial charge in [0.1, 0.15) is 0 Å². The van der Waals surface area contributed by atoms with Crippen molar-refractivity contribution >= 4 is 10.9 Å². The van der Waals surface area contributed by atoms with E-state index in [0.29, 0.717) is 6.54 Å². The first-order valence-corrected chi connectivity index (χ1v) is 6.67. The fourth-order valence-electron chi connectivity index (χ4n) is 2.19. The maximum atomic E-state index is 9.49. The molecule has 2 N–H and O–H groups in total. The first kappa shape index (κ1) is 13.1. The molecule has 0 aliphatic carbocycles. The Balaban J connectivity index is 2.19. The summed E-state index contributed by atoms with van der Waals surface area (Å²) in [5, 5.41) is 14.1. The molecule has 98 valence electrons. The molecule has 18 heavy (non-hydrogen) atoms. The normalized spacial score (nSPS) is 13.1. The van der Waals surface area contributed by atoms with Crippen LogP contribution in [0.1, 0.15) is 25.8 Å². The molecule has 1 unspecified atom stereocenters. The highest BCUT2D eigenvalue weighted by atomic mass is 16.3. The molecule has 0 aliphatic rings. The van der Waals surface area contributed by atoms with Gasteiger partial charge in [-0.15, -0.1) is 0 Å². The van der Waals surface area contributed by atoms with Crippen molar-refractivity contribution in [1.82, 2.24) is 9.88 Å². The van der Waals surface area contributed by atoms with Crippen LogP contribution in [0.2, 0.25) is 0 Å². The Labute approximate surface area is 108 Å². The van der Waals surface area contributed by atoms with Crippen LogP contribution in [-0.2, 0) is 13.1 Å². The fraction of sp³-hybridized carbons (Fsp3) is 0.467. The van der Waals surface area contributed by atoms with Gasteiger partial charge < -0.3 is 15.0 Å². The maximum absolute atomic E-state index is 9.49. The Kier molecular flexibility index (Phi) is 4.39. The number of benzene rings is 1. The van der Waals surface area contributed by atoms with Gasteiger partial charge in [0.2, 0.25) is 0 Å². The second-order valence-electron chi connectivity index (χ2n) is 4.89. The predicted octanol–water partition coefficient (Wildman–Crippen LogP) is 2.52. The molecule has 0 saturated carbocycles. The van der Waals surface area contributed by atoms with Gasteiger partial charge >= 0.3 is 0 Å². The molecular formula is C15H22N2O. The number of nitrogens with zero attached hydrogens (tertiary/aromatic N) is 1. The topological polar surface area (TPSA) is 37.2 Å². The molecule has 0 aliphatic heterocycles. The summed E-state index contributed by atoms with van der Waals surface area (Å²) in [4.78, 5) is 0. The molecule has 0 amide bonds. The van der Waals surface area contributed by atoms with Gasteiger partial charge in [0, 0.05) is 24.8 Å². The number of rotatable bonds is 6. The Morgan fingerprint density at radius 1 is 1.33 bits per heavy atom. The van der Waals surface area contributed by atoms with Gasteiger partial charge in [-0.3, -0.25) is 0 Å². The summed E-state index contributed by atoms with van der Waals surface area (Å²) >= 11 is 0. The van der Waals surface area contributed by atoms with Crippen molar-refractivity contribution in [3.8, 4) is 0 Å². The zero-order valence-corrected chi connectivity index (χ0v) is 11.2. The molecule has 3 heteroatoms. The number of aromatic nitrogens is 1. The molecule has 0 spiro atoms. The molecule has 0 radical (unpaired) electrons. The van der Waals surface area contributed by atoms with Gasteiger partial charge in [0.15, 0.2) is 0 Å². The average Bonchev–Trinajstić information content (AvgIpc) is 2.72. The van der Waals surface area contributed by atoms with Crippen LogP contribution >= 0.6 is 0 Å². The number of fused-ring (bicyclic) bond motifs is 1. The molecular weight excluding hydrogens is 224 g/mol. The van der Waals surface area contributed by atoms with Crippen LogP contribution in [0.25, 0.3) is 10.9 Å². The summed E-state index contributed by atoms with van der Waals surface area (Å²) < 4.78 is 2.11. The van der Waals surface area contributed by atoms with Crippen molar-refractivity contribution in [3.63, 3.8) is 0 Å². The van der Waals surface area contributed by atoms with Gasteiger partial charge in [-0.25, -0.2) is 0 Å². The minimum Gasteiger partial charge on any atom is -0.392 e. The number of aliphatic hydroxyl groups excluding tert-OH is 1. The van der Waals surface area contributed by atoms with Crippen LogP contribution in [0.15, 0.2) is 30.5 Å². The number of hydrogen-bond donors (Lipinski definition) is 2. The maximum Gasteiger partial charge on any atom is 0.0691 e. The summed E-state index contributed by atoms with van der Waals surface area (Å²) in [5.41, 5.74) is 2.49. The van der Waals surface area contributed by atoms with Gasteiger partial charge in [-0.2, -0.15) is 0 Å². The molecule has 1 aromatic carbocycles. The molecule has 0 bridgehead atoms. The molecule has 2 aromatic rings. The van der Waals surface area contributed by atoms with Gasteiger partial charge in [-0.1, -0.05) is 19.1 Å². The third kappa shape index (κ3) is 3.12. The summed E-state index contributed by atoms with van der Waals surface area (Å²) in [5.74, 6) is 0. The van der Waals surface area contributed by atoms with Crippen LogP contribution in [-0.4, -0.2) is 22.3 Å². The molecule has 3 nitrogen and oxygen atoms in total. The largest absolute Gasteiger partial charge is 0.392 e. The van der Waals surface area contributed by atoms with Gasteiger partial charge in [0.05, 0.1) is 6.10 Å². The van der Waals surface area contributed by atoms with Crippen molar-refractivity contribution in [2.45, 2.75) is 39.5 Å². The van der Waals surface area contributed by atoms with E-state index in [4.69, 9.17) is 0 Å². The Hall–Kier alpha value is -1.32. The van der Waals surface area contributed by atoms with Crippen molar-refractivity contribution in [2.75, 3.05) is 6.54 Å². The lowest BCUT2D eigenvalue weighted by Crippen LogP contribution is -2.14. The van der Waals surface area contributed by atoms with Crippen molar-refractivity contribution in [3.05, 3.63) is 36.0 Å². The first-order chi connectivity index (χ1) is 8.70. The number of hydrogen-bond acceptors (Lipinski definition) is 2. The van der Waals surface area contributed by atoms with E-state index in [-0.39, 0.29) is 6.10 Å². The second kappa shape index (κ2) is 6.03. The molecule has 1 heterocycles. The van der Waals surface area contributed by atoms with E-state index >= 15 is 0 Å². The quantitative estimate of drug-likeness (QED) is 0.769. The Morgan fingerprint density at radius 3 is 2.89 bits per heavy atom. The summed E-state index contributed by atoms with van der Waals surface area (Å²) in [6.07, 6.45) is 2.88. The lowest BCUT2D eigenvalue weighted by molar-refractivity contribution is 0.175. The van der Waals surface area contributed by atoms with Crippen LogP contribution in [0.5, 0.6) is 0 Å². The van der Waals surface area contributed by atoms with E-state index in [1.165, 1.54) is 16.5 Å². The number of nitrogens with one attached hydrogen (secondary N) is 1. The summed E-state index contributed by atoms with van der Waals surface area (Å²) in [6.45, 7) is 6.59. The Bertz CT molecular complexity index is 502. The highest BCUT2D eigenvalue weighted by Gasteiger charge is 2.04. The minimum absolute atomic E-state index is 0.317. The van der Waals surface area contributed by atoms with Crippen LogP contribution in [0.3, 0.4) is 0 Å². The van der Waals surface area contributed by atoms with E-state index in [9.17, 15) is 5.11 Å². The van der Waals surface area contributed by atoms with E-state index in [1.54, 1.807) is 0 Å². The van der Waals surface area contributed by atoms with Crippen LogP contribution < -0.4 is 5.32 Å². The van der Waals surface area contributed by atoms with E-state index in [1.807, 2.05) is 13.1 Å². The SMILES string of the molecule is CCCNCc1ccc2ccn(CC(C)O)c2c1. The number of aliphatic hydroxyl groups is 1. The van der Waals surface area contributed by atoms with Crippen LogP contribution in [0.4, 0.5) is 0 Å². The van der Waals surface area contributed by atoms with Gasteiger partial charge in [-0.05, 0) is 43.0 Å². The smallest absolute Gasteiger partial charge is 0.0691 e. The zero-order valence-electron chi connectivity index (χ0n) is 11.2. The highest BCUT2D eigenvalue weighted by molar-refractivity contribution is 5.80. The average molecular weight is 246 g/mol. The monoisotopic (exact) mass is 246 g/mol. The summed E-state index contributed by atoms with van der Waals surface area (Å²) in [6, 6.07) is 8.62. The second-order valence-corrected chi connectivity index (χ2v) is 4.89. The summed E-state index contributed by atoms with van der Waals surface area (Å²) in [7, 11) is 0. The predicted molar refractivity (Wildman–Crippen MR) is 75.6 cm³/mol. The molecule has 1 atom stereocenters. The van der Waals surface area contributed by atoms with Crippen molar-refractivity contribution in [2.24, 2.45) is 0 Å². The molecule has 2 rings (SSSR count). The molecule has 0 fully saturated rings. The molecule has 0 saturated heterocycles. The van der Waals surface area contributed by atoms with E-state index in [2.05, 4.69) is 41.1 Å². The lowest BCUT2D eigenvalue weighted by Gasteiger charge is -2.09. The van der Waals surface area contributed by atoms with Crippen molar-refractivity contribution in [1.29, 1.82) is 0 Å².